The zero-order valence-corrected chi connectivity index (χ0v) is 30.8. The quantitative estimate of drug-likeness (QED) is 0.189. The van der Waals surface area contributed by atoms with Crippen LogP contribution in [0.1, 0.15) is 46.5 Å². The van der Waals surface area contributed by atoms with Gasteiger partial charge >= 0.3 is 8.60 Å². The van der Waals surface area contributed by atoms with Gasteiger partial charge in [-0.2, -0.15) is 0 Å². The normalized spacial score (nSPS) is 20.6. The van der Waals surface area contributed by atoms with E-state index in [4.69, 9.17) is 18.0 Å². The van der Waals surface area contributed by atoms with E-state index in [1.807, 2.05) is 24.3 Å². The number of carbonyl (C=O) groups is 2. The number of likely N-dealkylation sites (tertiary alicyclic amines) is 2. The Bertz CT molecular complexity index is 1470. The van der Waals surface area contributed by atoms with E-state index < -0.39 is 37.0 Å². The summed E-state index contributed by atoms with van der Waals surface area (Å²) in [4.78, 5) is 30.9. The van der Waals surface area contributed by atoms with Gasteiger partial charge in [-0.25, -0.2) is 0 Å². The molecule has 3 aliphatic rings. The molecule has 6 rings (SSSR count). The van der Waals surface area contributed by atoms with Crippen molar-refractivity contribution in [2.75, 3.05) is 26.2 Å². The molecule has 11 heteroatoms. The van der Waals surface area contributed by atoms with Crippen LogP contribution in [-0.4, -0.2) is 68.3 Å². The van der Waals surface area contributed by atoms with E-state index in [2.05, 4.69) is 88.5 Å². The predicted octanol–water partition coefficient (Wildman–Crippen LogP) is 6.46. The lowest BCUT2D eigenvalue weighted by Gasteiger charge is -2.36. The maximum atomic E-state index is 13.7. The van der Waals surface area contributed by atoms with E-state index in [9.17, 15) is 9.59 Å². The van der Waals surface area contributed by atoms with Crippen molar-refractivity contribution in [3.05, 3.63) is 78.9 Å². The van der Waals surface area contributed by atoms with Gasteiger partial charge in [0.05, 0.1) is 0 Å². The molecule has 2 atom stereocenters. The Hall–Kier alpha value is -2.80. The number of hydrogen-bond acceptors (Lipinski definition) is 6. The Morgan fingerprint density at radius 1 is 0.766 bits per heavy atom. The first-order chi connectivity index (χ1) is 22.5. The van der Waals surface area contributed by atoms with Crippen molar-refractivity contribution < 1.29 is 27.6 Å². The SMILES string of the molecule is CC(C)(C)[Si](C)(C)Oc1ccc(OP2O[C@@H](C(=O)N3CCCC3)[C@H](C(=O)N3CCCC3)O2)c(P(c2ccccc2)c2ccccc2)c1. The topological polar surface area (TPSA) is 77.5 Å². The highest BCUT2D eigenvalue weighted by molar-refractivity contribution is 7.80. The minimum absolute atomic E-state index is 0.0223. The lowest BCUT2D eigenvalue weighted by Crippen LogP contribution is -2.49. The first-order valence-corrected chi connectivity index (χ1v) is 22.0. The summed E-state index contributed by atoms with van der Waals surface area (Å²) in [7, 11) is -5.27. The second-order valence-electron chi connectivity index (χ2n) is 13.9. The van der Waals surface area contributed by atoms with Crippen molar-refractivity contribution in [3.63, 3.8) is 0 Å². The van der Waals surface area contributed by atoms with Gasteiger partial charge in [0.1, 0.15) is 11.5 Å². The van der Waals surface area contributed by atoms with Crippen LogP contribution in [0.3, 0.4) is 0 Å². The molecule has 3 aromatic rings. The largest absolute Gasteiger partial charge is 0.543 e. The Kier molecular flexibility index (Phi) is 10.4. The second kappa shape index (κ2) is 14.4. The highest BCUT2D eigenvalue weighted by Gasteiger charge is 2.51. The summed E-state index contributed by atoms with van der Waals surface area (Å²) in [6.45, 7) is 13.8. The number of amides is 2. The van der Waals surface area contributed by atoms with E-state index >= 15 is 0 Å². The number of rotatable bonds is 9. The average Bonchev–Trinajstić information content (AvgIpc) is 3.85. The van der Waals surface area contributed by atoms with Crippen molar-refractivity contribution in [2.24, 2.45) is 0 Å². The van der Waals surface area contributed by atoms with Crippen LogP contribution in [0.15, 0.2) is 78.9 Å². The average molecular weight is 693 g/mol. The van der Waals surface area contributed by atoms with Crippen LogP contribution < -0.4 is 24.9 Å². The van der Waals surface area contributed by atoms with Gasteiger partial charge in [-0.05, 0) is 80.5 Å². The summed E-state index contributed by atoms with van der Waals surface area (Å²) in [5.41, 5.74) is 0. The molecule has 3 fully saturated rings. The van der Waals surface area contributed by atoms with Gasteiger partial charge in [-0.3, -0.25) is 18.6 Å². The molecule has 0 radical (unpaired) electrons. The maximum Gasteiger partial charge on any atom is 0.399 e. The molecule has 3 aromatic carbocycles. The number of benzene rings is 3. The molecule has 2 amide bonds. The summed E-state index contributed by atoms with van der Waals surface area (Å²) in [6.07, 6.45) is 1.74. The third-order valence-electron chi connectivity index (χ3n) is 9.55. The van der Waals surface area contributed by atoms with Crippen LogP contribution in [0.25, 0.3) is 0 Å². The van der Waals surface area contributed by atoms with Gasteiger partial charge in [0.2, 0.25) is 8.32 Å². The zero-order valence-electron chi connectivity index (χ0n) is 28.1. The minimum atomic E-state index is -2.15. The van der Waals surface area contributed by atoms with E-state index in [-0.39, 0.29) is 16.9 Å². The van der Waals surface area contributed by atoms with Crippen molar-refractivity contribution in [2.45, 2.75) is 76.8 Å². The van der Waals surface area contributed by atoms with Crippen LogP contribution in [0.4, 0.5) is 0 Å². The van der Waals surface area contributed by atoms with Crippen LogP contribution in [0.5, 0.6) is 11.5 Å². The number of carbonyl (C=O) groups excluding carboxylic acids is 2. The Morgan fingerprint density at radius 3 is 1.68 bits per heavy atom. The van der Waals surface area contributed by atoms with Crippen LogP contribution in [-0.2, 0) is 18.6 Å². The molecule has 0 saturated carbocycles. The molecule has 0 bridgehead atoms. The predicted molar refractivity (Wildman–Crippen MR) is 192 cm³/mol. The molecule has 3 aliphatic heterocycles. The fraction of sp³-hybridized carbons (Fsp3) is 0.444. The standard InChI is InChI=1S/C36H46N2O6P2Si/c1-36(2,3)47(4,5)44-27-20-21-30(31(26-27)45(28-16-8-6-9-17-28)29-18-10-7-11-19-29)41-46-42-32(34(39)37-22-12-13-23-37)33(43-46)35(40)38-24-14-15-25-38/h6-11,16-21,26,32-33H,12-15,22-25H2,1-5H3/t32-,33-/m1/s1. The molecule has 0 N–H and O–H groups in total. The molecule has 0 aromatic heterocycles. The van der Waals surface area contributed by atoms with E-state index in [0.717, 1.165) is 47.3 Å². The summed E-state index contributed by atoms with van der Waals surface area (Å²) in [5, 5.41) is 3.30. The van der Waals surface area contributed by atoms with Gasteiger partial charge in [0, 0.05) is 31.5 Å². The fourth-order valence-electron chi connectivity index (χ4n) is 5.87. The lowest BCUT2D eigenvalue weighted by atomic mass is 10.1. The zero-order chi connectivity index (χ0) is 33.2. The van der Waals surface area contributed by atoms with Crippen molar-refractivity contribution in [1.29, 1.82) is 0 Å². The van der Waals surface area contributed by atoms with Crippen LogP contribution in [0.2, 0.25) is 18.1 Å². The molecule has 0 spiro atoms. The maximum absolute atomic E-state index is 13.7. The van der Waals surface area contributed by atoms with Crippen molar-refractivity contribution >= 4 is 52.6 Å². The second-order valence-corrected chi connectivity index (χ2v) is 21.9. The Balaban J connectivity index is 1.37. The monoisotopic (exact) mass is 692 g/mol. The first-order valence-electron chi connectivity index (χ1n) is 16.6. The van der Waals surface area contributed by atoms with Crippen LogP contribution >= 0.6 is 16.5 Å². The van der Waals surface area contributed by atoms with E-state index in [1.165, 1.54) is 0 Å². The van der Waals surface area contributed by atoms with Gasteiger partial charge in [-0.15, -0.1) is 0 Å². The molecule has 8 nitrogen and oxygen atoms in total. The molecule has 0 unspecified atom stereocenters. The van der Waals surface area contributed by atoms with E-state index in [1.54, 1.807) is 9.80 Å². The molecule has 3 saturated heterocycles. The van der Waals surface area contributed by atoms with Gasteiger partial charge < -0.3 is 18.7 Å². The third-order valence-corrected chi connectivity index (χ3v) is 17.5. The van der Waals surface area contributed by atoms with Gasteiger partial charge in [0.25, 0.3) is 11.8 Å². The Labute approximate surface area is 282 Å². The third kappa shape index (κ3) is 7.60. The molecule has 47 heavy (non-hydrogen) atoms. The number of hydrogen-bond donors (Lipinski definition) is 0. The smallest absolute Gasteiger partial charge is 0.399 e. The first kappa shape index (κ1) is 34.1. The summed E-state index contributed by atoms with van der Waals surface area (Å²) in [6, 6.07) is 26.8. The molecular formula is C36H46N2O6P2Si. The van der Waals surface area contributed by atoms with Gasteiger partial charge in [-0.1, -0.05) is 81.4 Å². The van der Waals surface area contributed by atoms with Crippen molar-refractivity contribution in [1.82, 2.24) is 9.80 Å². The lowest BCUT2D eigenvalue weighted by molar-refractivity contribution is -0.147. The number of nitrogens with zero attached hydrogens (tertiary/aromatic N) is 2. The highest BCUT2D eigenvalue weighted by atomic mass is 31.2. The van der Waals surface area contributed by atoms with E-state index in [0.29, 0.717) is 31.9 Å². The molecule has 0 aliphatic carbocycles. The summed E-state index contributed by atoms with van der Waals surface area (Å²) in [5.74, 6) is 1.01. The van der Waals surface area contributed by atoms with Gasteiger partial charge in [0.15, 0.2) is 12.2 Å². The fourth-order valence-corrected chi connectivity index (χ4v) is 10.6. The Morgan fingerprint density at radius 2 is 1.23 bits per heavy atom. The van der Waals surface area contributed by atoms with Crippen LogP contribution in [0, 0.1) is 0 Å². The summed E-state index contributed by atoms with van der Waals surface area (Å²) >= 11 is 0. The highest BCUT2D eigenvalue weighted by Crippen LogP contribution is 2.52. The molecular weight excluding hydrogens is 646 g/mol. The molecule has 250 valence electrons. The van der Waals surface area contributed by atoms with Crippen molar-refractivity contribution in [3.8, 4) is 11.5 Å². The summed E-state index contributed by atoms with van der Waals surface area (Å²) < 4.78 is 26.0. The minimum Gasteiger partial charge on any atom is -0.543 e. The molecule has 3 heterocycles.